The van der Waals surface area contributed by atoms with Gasteiger partial charge in [-0.25, -0.2) is 0 Å². The molecular formula is C20H25N3O2. The van der Waals surface area contributed by atoms with Gasteiger partial charge < -0.3 is 15.2 Å². The molecule has 0 radical (unpaired) electrons. The molecule has 5 nitrogen and oxygen atoms in total. The Morgan fingerprint density at radius 3 is 2.40 bits per heavy atom. The van der Waals surface area contributed by atoms with Gasteiger partial charge in [-0.2, -0.15) is 0 Å². The van der Waals surface area contributed by atoms with E-state index in [1.807, 2.05) is 31.2 Å². The summed E-state index contributed by atoms with van der Waals surface area (Å²) >= 11 is 0. The van der Waals surface area contributed by atoms with Crippen LogP contribution in [-0.2, 0) is 0 Å². The van der Waals surface area contributed by atoms with E-state index < -0.39 is 0 Å². The Morgan fingerprint density at radius 2 is 1.84 bits per heavy atom. The maximum atomic E-state index is 10.2. The number of aliphatic hydroxyl groups is 1. The molecule has 132 valence electrons. The molecule has 25 heavy (non-hydrogen) atoms. The molecule has 0 aliphatic carbocycles. The van der Waals surface area contributed by atoms with Gasteiger partial charge in [0.05, 0.1) is 5.69 Å². The highest BCUT2D eigenvalue weighted by Crippen LogP contribution is 2.36. The van der Waals surface area contributed by atoms with Crippen LogP contribution in [0.2, 0.25) is 0 Å². The number of aromatic amines is 1. The highest BCUT2D eigenvalue weighted by Gasteiger charge is 2.14. The molecule has 0 saturated heterocycles. The summed E-state index contributed by atoms with van der Waals surface area (Å²) in [5.74, 6) is 0.156. The maximum absolute atomic E-state index is 10.2. The summed E-state index contributed by atoms with van der Waals surface area (Å²) in [5.41, 5.74) is 1.96. The first-order valence-corrected chi connectivity index (χ1v) is 7.96. The Hall–Kier alpha value is -3.08. The molecule has 5 heteroatoms. The van der Waals surface area contributed by atoms with Gasteiger partial charge in [-0.1, -0.05) is 57.4 Å². The number of aliphatic hydroxyl groups excluding tert-OH is 1. The molecule has 0 fully saturated rings. The van der Waals surface area contributed by atoms with E-state index in [9.17, 15) is 10.2 Å². The number of allylic oxidation sites excluding steroid dienone is 6. The van der Waals surface area contributed by atoms with Crippen molar-refractivity contribution >= 4 is 17.8 Å². The second-order valence-electron chi connectivity index (χ2n) is 5.53. The number of hydrogen-bond donors (Lipinski definition) is 3. The zero-order valence-electron chi connectivity index (χ0n) is 14.9. The average Bonchev–Trinajstić information content (AvgIpc) is 2.85. The number of azo groups is 1. The average molecular weight is 339 g/mol. The van der Waals surface area contributed by atoms with E-state index in [1.165, 1.54) is 24.3 Å². The zero-order valence-corrected chi connectivity index (χ0v) is 14.9. The molecule has 0 aliphatic heterocycles. The van der Waals surface area contributed by atoms with Gasteiger partial charge in [-0.3, -0.25) is 0 Å². The molecule has 0 atom stereocenters. The first-order valence-electron chi connectivity index (χ1n) is 7.96. The molecule has 0 spiro atoms. The number of H-pyrrole nitrogens is 1. The molecule has 1 rings (SSSR count). The lowest BCUT2D eigenvalue weighted by Crippen LogP contribution is -1.84. The van der Waals surface area contributed by atoms with Crippen LogP contribution in [0.15, 0.2) is 71.3 Å². The lowest BCUT2D eigenvalue weighted by atomic mass is 10.1. The second-order valence-corrected chi connectivity index (χ2v) is 5.53. The quantitative estimate of drug-likeness (QED) is 0.299. The SMILES string of the molecule is C=C/C=C(O)\C(=C/C=C)N=Nc1c(O)[nH]c(/C=C\C)c1/C=C\C(C)C. The van der Waals surface area contributed by atoms with Gasteiger partial charge >= 0.3 is 0 Å². The van der Waals surface area contributed by atoms with Crippen molar-refractivity contribution in [3.63, 3.8) is 0 Å². The Kier molecular flexibility index (Phi) is 7.93. The summed E-state index contributed by atoms with van der Waals surface area (Å²) in [5, 5.41) is 28.3. The number of nitrogens with zero attached hydrogens (tertiary/aromatic N) is 2. The third-order valence-corrected chi connectivity index (χ3v) is 3.08. The van der Waals surface area contributed by atoms with E-state index in [1.54, 1.807) is 0 Å². The van der Waals surface area contributed by atoms with Crippen LogP contribution in [0.25, 0.3) is 12.2 Å². The maximum Gasteiger partial charge on any atom is 0.218 e. The molecule has 1 aromatic rings. The van der Waals surface area contributed by atoms with E-state index in [-0.39, 0.29) is 17.3 Å². The van der Waals surface area contributed by atoms with Gasteiger partial charge in [-0.15, -0.1) is 10.2 Å². The van der Waals surface area contributed by atoms with Crippen LogP contribution in [0.1, 0.15) is 32.0 Å². The lowest BCUT2D eigenvalue weighted by molar-refractivity contribution is 0.421. The van der Waals surface area contributed by atoms with E-state index in [2.05, 4.69) is 42.2 Å². The highest BCUT2D eigenvalue weighted by molar-refractivity contribution is 5.76. The Morgan fingerprint density at radius 1 is 1.16 bits per heavy atom. The van der Waals surface area contributed by atoms with Crippen molar-refractivity contribution in [3.05, 3.63) is 72.3 Å². The predicted molar refractivity (Wildman–Crippen MR) is 105 cm³/mol. The van der Waals surface area contributed by atoms with E-state index in [0.29, 0.717) is 11.6 Å². The standard InChI is InChI=1S/C20H25N3O2/c1-6-9-16-15(13-12-14(4)5)19(20(25)21-16)23-22-17(10-7-2)18(24)11-8-3/h6-14,21,24-25H,2-3H2,1,4-5H3/b9-6-,13-12-,17-10+,18-11+,23-22?. The first kappa shape index (κ1) is 20.0. The highest BCUT2D eigenvalue weighted by atomic mass is 16.3. The smallest absolute Gasteiger partial charge is 0.218 e. The van der Waals surface area contributed by atoms with Crippen LogP contribution >= 0.6 is 0 Å². The molecule has 0 aromatic carbocycles. The monoisotopic (exact) mass is 339 g/mol. The van der Waals surface area contributed by atoms with Crippen molar-refractivity contribution in [1.82, 2.24) is 4.98 Å². The first-order chi connectivity index (χ1) is 11.9. The van der Waals surface area contributed by atoms with Crippen molar-refractivity contribution in [3.8, 4) is 5.88 Å². The minimum atomic E-state index is -0.0957. The van der Waals surface area contributed by atoms with E-state index >= 15 is 0 Å². The van der Waals surface area contributed by atoms with Crippen LogP contribution in [0.4, 0.5) is 5.69 Å². The fourth-order valence-electron chi connectivity index (χ4n) is 1.95. The van der Waals surface area contributed by atoms with Crippen molar-refractivity contribution in [2.45, 2.75) is 20.8 Å². The van der Waals surface area contributed by atoms with Crippen LogP contribution in [0, 0.1) is 5.92 Å². The predicted octanol–water partition coefficient (Wildman–Crippen LogP) is 6.20. The number of hydrogen-bond acceptors (Lipinski definition) is 4. The Bertz CT molecular complexity index is 760. The Balaban J connectivity index is 3.40. The normalized spacial score (nSPS) is 13.6. The topological polar surface area (TPSA) is 81.0 Å². The largest absolute Gasteiger partial charge is 0.506 e. The number of aromatic hydroxyl groups is 1. The molecule has 0 unspecified atom stereocenters. The minimum absolute atomic E-state index is 0.0922. The van der Waals surface area contributed by atoms with Crippen molar-refractivity contribution in [2.24, 2.45) is 16.1 Å². The zero-order chi connectivity index (χ0) is 18.8. The van der Waals surface area contributed by atoms with Crippen molar-refractivity contribution in [1.29, 1.82) is 0 Å². The number of nitrogens with one attached hydrogen (secondary N) is 1. The molecule has 0 aliphatic rings. The van der Waals surface area contributed by atoms with Gasteiger partial charge in [0.2, 0.25) is 5.88 Å². The van der Waals surface area contributed by atoms with Gasteiger partial charge in [0, 0.05) is 5.56 Å². The number of rotatable bonds is 8. The summed E-state index contributed by atoms with van der Waals surface area (Å²) in [6.45, 7) is 13.1. The van der Waals surface area contributed by atoms with Crippen molar-refractivity contribution in [2.75, 3.05) is 0 Å². The third-order valence-electron chi connectivity index (χ3n) is 3.08. The lowest BCUT2D eigenvalue weighted by Gasteiger charge is -1.99. The van der Waals surface area contributed by atoms with Gasteiger partial charge in [0.25, 0.3) is 0 Å². The molecule has 1 heterocycles. The van der Waals surface area contributed by atoms with Gasteiger partial charge in [0.1, 0.15) is 11.5 Å². The number of aromatic nitrogens is 1. The van der Waals surface area contributed by atoms with E-state index in [0.717, 1.165) is 11.3 Å². The summed E-state index contributed by atoms with van der Waals surface area (Å²) in [6.07, 6.45) is 13.4. The van der Waals surface area contributed by atoms with Crippen LogP contribution in [-0.4, -0.2) is 15.2 Å². The summed E-state index contributed by atoms with van der Waals surface area (Å²) < 4.78 is 0. The molecule has 0 bridgehead atoms. The summed E-state index contributed by atoms with van der Waals surface area (Å²) in [6, 6.07) is 0. The van der Waals surface area contributed by atoms with Crippen molar-refractivity contribution < 1.29 is 10.2 Å². The van der Waals surface area contributed by atoms with Gasteiger partial charge in [0.15, 0.2) is 5.69 Å². The van der Waals surface area contributed by atoms with Crippen LogP contribution in [0.5, 0.6) is 5.88 Å². The molecular weight excluding hydrogens is 314 g/mol. The molecule has 1 aromatic heterocycles. The summed E-state index contributed by atoms with van der Waals surface area (Å²) in [7, 11) is 0. The molecule has 0 saturated carbocycles. The second kappa shape index (κ2) is 9.93. The molecule has 3 N–H and O–H groups in total. The van der Waals surface area contributed by atoms with Crippen LogP contribution in [0.3, 0.4) is 0 Å². The Labute approximate surface area is 148 Å². The molecule has 0 amide bonds. The summed E-state index contributed by atoms with van der Waals surface area (Å²) in [4.78, 5) is 2.88. The van der Waals surface area contributed by atoms with Crippen LogP contribution < -0.4 is 0 Å². The van der Waals surface area contributed by atoms with Gasteiger partial charge in [-0.05, 0) is 31.1 Å². The fraction of sp³-hybridized carbons (Fsp3) is 0.200. The fourth-order valence-corrected chi connectivity index (χ4v) is 1.95. The minimum Gasteiger partial charge on any atom is -0.506 e. The van der Waals surface area contributed by atoms with E-state index in [4.69, 9.17) is 0 Å². The third kappa shape index (κ3) is 5.80.